The highest BCUT2D eigenvalue weighted by Gasteiger charge is 2.00. The first-order valence-corrected chi connectivity index (χ1v) is 6.30. The quantitative estimate of drug-likeness (QED) is 0.794. The third-order valence-corrected chi connectivity index (χ3v) is 2.91. The van der Waals surface area contributed by atoms with E-state index in [0.29, 0.717) is 5.92 Å². The molecule has 0 spiro atoms. The van der Waals surface area contributed by atoms with Crippen molar-refractivity contribution >= 4 is 0 Å². The van der Waals surface area contributed by atoms with Crippen LogP contribution in [-0.4, -0.2) is 16.7 Å². The van der Waals surface area contributed by atoms with E-state index in [2.05, 4.69) is 58.1 Å². The minimum atomic E-state index is 0.588. The van der Waals surface area contributed by atoms with E-state index < -0.39 is 0 Å². The van der Waals surface area contributed by atoms with Gasteiger partial charge in [-0.3, -0.25) is 0 Å². The third-order valence-electron chi connectivity index (χ3n) is 2.91. The normalized spacial score (nSPS) is 11.1. The predicted molar refractivity (Wildman–Crippen MR) is 70.2 cm³/mol. The molecule has 4 nitrogen and oxygen atoms in total. The number of nitrogens with one attached hydrogen (secondary N) is 1. The first-order valence-electron chi connectivity index (χ1n) is 6.30. The van der Waals surface area contributed by atoms with Crippen molar-refractivity contribution < 1.29 is 4.52 Å². The van der Waals surface area contributed by atoms with E-state index in [1.807, 2.05) is 0 Å². The highest BCUT2D eigenvalue weighted by molar-refractivity contribution is 5.24. The summed E-state index contributed by atoms with van der Waals surface area (Å²) in [7, 11) is 0. The summed E-state index contributed by atoms with van der Waals surface area (Å²) in [6.45, 7) is 6.14. The molecule has 0 aliphatic carbocycles. The Bertz CT molecular complexity index is 448. The predicted octanol–water partition coefficient (Wildman–Crippen LogP) is 2.53. The SMILES string of the molecule is CC(C)c1ccc(CNCCc2ncon2)cc1. The molecule has 0 amide bonds. The summed E-state index contributed by atoms with van der Waals surface area (Å²) >= 11 is 0. The molecule has 1 N–H and O–H groups in total. The Balaban J connectivity index is 1.73. The zero-order chi connectivity index (χ0) is 12.8. The van der Waals surface area contributed by atoms with Gasteiger partial charge in [-0.2, -0.15) is 4.98 Å². The van der Waals surface area contributed by atoms with Crippen molar-refractivity contribution in [2.24, 2.45) is 0 Å². The molecule has 0 atom stereocenters. The number of hydrogen-bond donors (Lipinski definition) is 1. The van der Waals surface area contributed by atoms with Crippen LogP contribution in [0.5, 0.6) is 0 Å². The Morgan fingerprint density at radius 1 is 1.22 bits per heavy atom. The zero-order valence-electron chi connectivity index (χ0n) is 10.9. The minimum absolute atomic E-state index is 0.588. The van der Waals surface area contributed by atoms with E-state index in [0.717, 1.165) is 25.3 Å². The van der Waals surface area contributed by atoms with E-state index in [4.69, 9.17) is 0 Å². The Labute approximate surface area is 107 Å². The monoisotopic (exact) mass is 245 g/mol. The van der Waals surface area contributed by atoms with E-state index >= 15 is 0 Å². The lowest BCUT2D eigenvalue weighted by molar-refractivity contribution is 0.409. The highest BCUT2D eigenvalue weighted by atomic mass is 16.5. The lowest BCUT2D eigenvalue weighted by atomic mass is 10.0. The van der Waals surface area contributed by atoms with Crippen LogP contribution in [0.3, 0.4) is 0 Å². The average molecular weight is 245 g/mol. The second kappa shape index (κ2) is 6.31. The van der Waals surface area contributed by atoms with Crippen molar-refractivity contribution in [3.05, 3.63) is 47.6 Å². The molecule has 0 saturated carbocycles. The Morgan fingerprint density at radius 2 is 2.00 bits per heavy atom. The maximum Gasteiger partial charge on any atom is 0.213 e. The lowest BCUT2D eigenvalue weighted by Crippen LogP contribution is -2.17. The molecule has 0 bridgehead atoms. The highest BCUT2D eigenvalue weighted by Crippen LogP contribution is 2.14. The molecule has 0 unspecified atom stereocenters. The van der Waals surface area contributed by atoms with Crippen LogP contribution < -0.4 is 5.32 Å². The molecule has 0 aliphatic rings. The molecule has 2 rings (SSSR count). The third kappa shape index (κ3) is 3.67. The Hall–Kier alpha value is -1.68. The van der Waals surface area contributed by atoms with Crippen LogP contribution in [-0.2, 0) is 13.0 Å². The second-order valence-electron chi connectivity index (χ2n) is 4.67. The summed E-state index contributed by atoms with van der Waals surface area (Å²) < 4.78 is 4.68. The first-order chi connectivity index (χ1) is 8.75. The molecular formula is C14H19N3O. The summed E-state index contributed by atoms with van der Waals surface area (Å²) in [5.41, 5.74) is 2.68. The molecule has 4 heteroatoms. The Kier molecular flexibility index (Phi) is 4.47. The van der Waals surface area contributed by atoms with Gasteiger partial charge in [0.1, 0.15) is 0 Å². The number of nitrogens with zero attached hydrogens (tertiary/aromatic N) is 2. The number of rotatable bonds is 6. The van der Waals surface area contributed by atoms with Gasteiger partial charge in [0.25, 0.3) is 0 Å². The standard InChI is InChI=1S/C14H19N3O/c1-11(2)13-5-3-12(4-6-13)9-15-8-7-14-16-10-18-17-14/h3-6,10-11,15H,7-9H2,1-2H3. The Morgan fingerprint density at radius 3 is 2.61 bits per heavy atom. The molecular weight excluding hydrogens is 226 g/mol. The van der Waals surface area contributed by atoms with Crippen molar-refractivity contribution in [3.8, 4) is 0 Å². The van der Waals surface area contributed by atoms with Crippen LogP contribution in [0, 0.1) is 0 Å². The van der Waals surface area contributed by atoms with Crippen molar-refractivity contribution in [1.29, 1.82) is 0 Å². The van der Waals surface area contributed by atoms with Gasteiger partial charge >= 0.3 is 0 Å². The molecule has 1 aromatic carbocycles. The van der Waals surface area contributed by atoms with Crippen molar-refractivity contribution in [1.82, 2.24) is 15.5 Å². The topological polar surface area (TPSA) is 51.0 Å². The summed E-state index contributed by atoms with van der Waals surface area (Å²) in [4.78, 5) is 3.97. The van der Waals surface area contributed by atoms with Gasteiger partial charge in [0.15, 0.2) is 5.82 Å². The molecule has 18 heavy (non-hydrogen) atoms. The van der Waals surface area contributed by atoms with Gasteiger partial charge in [0.05, 0.1) is 0 Å². The van der Waals surface area contributed by atoms with Gasteiger partial charge in [-0.15, -0.1) is 0 Å². The first kappa shape index (κ1) is 12.8. The fourth-order valence-electron chi connectivity index (χ4n) is 1.76. The van der Waals surface area contributed by atoms with Gasteiger partial charge in [-0.1, -0.05) is 43.3 Å². The summed E-state index contributed by atoms with van der Waals surface area (Å²) in [6, 6.07) is 8.75. The zero-order valence-corrected chi connectivity index (χ0v) is 10.9. The number of benzene rings is 1. The van der Waals surface area contributed by atoms with E-state index in [1.54, 1.807) is 0 Å². The van der Waals surface area contributed by atoms with Gasteiger partial charge in [-0.05, 0) is 17.0 Å². The fourth-order valence-corrected chi connectivity index (χ4v) is 1.76. The molecule has 0 radical (unpaired) electrons. The van der Waals surface area contributed by atoms with Crippen LogP contribution in [0.1, 0.15) is 36.7 Å². The average Bonchev–Trinajstić information content (AvgIpc) is 2.88. The van der Waals surface area contributed by atoms with Crippen molar-refractivity contribution in [2.45, 2.75) is 32.7 Å². The molecule has 0 fully saturated rings. The molecule has 1 aromatic heterocycles. The summed E-state index contributed by atoms with van der Waals surface area (Å²) in [6.07, 6.45) is 2.15. The second-order valence-corrected chi connectivity index (χ2v) is 4.67. The molecule has 2 aromatic rings. The van der Waals surface area contributed by atoms with Gasteiger partial charge in [0, 0.05) is 19.5 Å². The van der Waals surface area contributed by atoms with Crippen LogP contribution in [0.25, 0.3) is 0 Å². The largest absolute Gasteiger partial charge is 0.343 e. The van der Waals surface area contributed by atoms with Crippen molar-refractivity contribution in [3.63, 3.8) is 0 Å². The number of aromatic nitrogens is 2. The van der Waals surface area contributed by atoms with Gasteiger partial charge in [-0.25, -0.2) is 0 Å². The number of hydrogen-bond acceptors (Lipinski definition) is 4. The van der Waals surface area contributed by atoms with Crippen LogP contribution in [0.4, 0.5) is 0 Å². The maximum atomic E-state index is 4.68. The summed E-state index contributed by atoms with van der Waals surface area (Å²) in [5, 5.41) is 7.13. The van der Waals surface area contributed by atoms with Crippen LogP contribution >= 0.6 is 0 Å². The molecule has 1 heterocycles. The summed E-state index contributed by atoms with van der Waals surface area (Å²) in [5.74, 6) is 1.34. The van der Waals surface area contributed by atoms with Gasteiger partial charge in [0.2, 0.25) is 6.39 Å². The minimum Gasteiger partial charge on any atom is -0.343 e. The van der Waals surface area contributed by atoms with E-state index in [9.17, 15) is 0 Å². The molecule has 96 valence electrons. The molecule has 0 saturated heterocycles. The molecule has 0 aliphatic heterocycles. The van der Waals surface area contributed by atoms with Crippen LogP contribution in [0.15, 0.2) is 35.2 Å². The van der Waals surface area contributed by atoms with Crippen LogP contribution in [0.2, 0.25) is 0 Å². The maximum absolute atomic E-state index is 4.68. The van der Waals surface area contributed by atoms with E-state index in [1.165, 1.54) is 17.5 Å². The van der Waals surface area contributed by atoms with Crippen molar-refractivity contribution in [2.75, 3.05) is 6.54 Å². The van der Waals surface area contributed by atoms with Gasteiger partial charge < -0.3 is 9.84 Å². The fraction of sp³-hybridized carbons (Fsp3) is 0.429. The van der Waals surface area contributed by atoms with E-state index in [-0.39, 0.29) is 0 Å². The lowest BCUT2D eigenvalue weighted by Gasteiger charge is -2.07. The smallest absolute Gasteiger partial charge is 0.213 e.